The second kappa shape index (κ2) is 6.94. The quantitative estimate of drug-likeness (QED) is 0.898. The van der Waals surface area contributed by atoms with Crippen LogP contribution in [0.3, 0.4) is 0 Å². The number of carbonyl (C=O) groups excluding carboxylic acids is 1. The van der Waals surface area contributed by atoms with Gasteiger partial charge in [0.25, 0.3) is 0 Å². The Kier molecular flexibility index (Phi) is 4.76. The number of nitrogens with zero attached hydrogens (tertiary/aromatic N) is 1. The maximum absolute atomic E-state index is 12.4. The standard InChI is InChI=1S/C17H25N3O/c21-17(14-8-10-18-11-9-14)19-15-6-2-3-7-16(15)20-12-4-1-5-13-20/h2-3,6-7,14,18H,1,4-5,8-13H2,(H,19,21). The van der Waals surface area contributed by atoms with Crippen LogP contribution in [-0.2, 0) is 4.79 Å². The molecule has 2 aliphatic rings. The minimum absolute atomic E-state index is 0.153. The molecule has 1 amide bonds. The summed E-state index contributed by atoms with van der Waals surface area (Å²) in [5.74, 6) is 0.335. The number of piperidine rings is 2. The van der Waals surface area contributed by atoms with Crippen LogP contribution in [0.4, 0.5) is 11.4 Å². The molecule has 114 valence electrons. The van der Waals surface area contributed by atoms with E-state index in [0.29, 0.717) is 0 Å². The van der Waals surface area contributed by atoms with Gasteiger partial charge in [-0.05, 0) is 57.3 Å². The van der Waals surface area contributed by atoms with Gasteiger partial charge in [0.2, 0.25) is 5.91 Å². The summed E-state index contributed by atoms with van der Waals surface area (Å²) in [7, 11) is 0. The second-order valence-corrected chi connectivity index (χ2v) is 6.08. The van der Waals surface area contributed by atoms with Crippen LogP contribution in [0.1, 0.15) is 32.1 Å². The summed E-state index contributed by atoms with van der Waals surface area (Å²) in [5, 5.41) is 6.48. The van der Waals surface area contributed by atoms with E-state index in [-0.39, 0.29) is 11.8 Å². The molecule has 21 heavy (non-hydrogen) atoms. The maximum Gasteiger partial charge on any atom is 0.227 e. The molecule has 1 aromatic rings. The van der Waals surface area contributed by atoms with Crippen molar-refractivity contribution in [3.63, 3.8) is 0 Å². The van der Waals surface area contributed by atoms with Crippen molar-refractivity contribution in [1.29, 1.82) is 0 Å². The summed E-state index contributed by atoms with van der Waals surface area (Å²) in [6, 6.07) is 8.22. The summed E-state index contributed by atoms with van der Waals surface area (Å²) in [4.78, 5) is 14.8. The van der Waals surface area contributed by atoms with Crippen LogP contribution in [0.2, 0.25) is 0 Å². The zero-order valence-corrected chi connectivity index (χ0v) is 12.6. The molecule has 2 N–H and O–H groups in total. The van der Waals surface area contributed by atoms with E-state index in [2.05, 4.69) is 27.7 Å². The lowest BCUT2D eigenvalue weighted by atomic mass is 9.97. The first kappa shape index (κ1) is 14.4. The average molecular weight is 287 g/mol. The number of hydrogen-bond donors (Lipinski definition) is 2. The first-order chi connectivity index (χ1) is 10.3. The number of amides is 1. The van der Waals surface area contributed by atoms with Crippen molar-refractivity contribution in [2.24, 2.45) is 5.92 Å². The smallest absolute Gasteiger partial charge is 0.227 e. The topological polar surface area (TPSA) is 44.4 Å². The molecule has 4 heteroatoms. The van der Waals surface area contributed by atoms with Gasteiger partial charge >= 0.3 is 0 Å². The van der Waals surface area contributed by atoms with E-state index in [0.717, 1.165) is 44.7 Å². The Balaban J connectivity index is 1.70. The van der Waals surface area contributed by atoms with E-state index in [9.17, 15) is 4.79 Å². The molecular formula is C17H25N3O. The Labute approximate surface area is 126 Å². The third-order valence-corrected chi connectivity index (χ3v) is 4.57. The molecule has 2 aliphatic heterocycles. The Bertz CT molecular complexity index is 477. The number of anilines is 2. The van der Waals surface area contributed by atoms with E-state index < -0.39 is 0 Å². The van der Waals surface area contributed by atoms with Crippen molar-refractivity contribution < 1.29 is 4.79 Å². The highest BCUT2D eigenvalue weighted by Gasteiger charge is 2.22. The number of benzene rings is 1. The van der Waals surface area contributed by atoms with Gasteiger partial charge in [-0.15, -0.1) is 0 Å². The van der Waals surface area contributed by atoms with Crippen molar-refractivity contribution in [3.05, 3.63) is 24.3 Å². The average Bonchev–Trinajstić information content (AvgIpc) is 2.57. The lowest BCUT2D eigenvalue weighted by Crippen LogP contribution is -2.35. The van der Waals surface area contributed by atoms with Gasteiger partial charge < -0.3 is 15.5 Å². The van der Waals surface area contributed by atoms with E-state index in [4.69, 9.17) is 0 Å². The summed E-state index contributed by atoms with van der Waals surface area (Å²) < 4.78 is 0. The lowest BCUT2D eigenvalue weighted by Gasteiger charge is -2.31. The zero-order valence-electron chi connectivity index (χ0n) is 12.6. The van der Waals surface area contributed by atoms with Crippen LogP contribution >= 0.6 is 0 Å². The highest BCUT2D eigenvalue weighted by atomic mass is 16.1. The monoisotopic (exact) mass is 287 g/mol. The largest absolute Gasteiger partial charge is 0.370 e. The number of rotatable bonds is 3. The van der Waals surface area contributed by atoms with Crippen LogP contribution < -0.4 is 15.5 Å². The second-order valence-electron chi connectivity index (χ2n) is 6.08. The molecular weight excluding hydrogens is 262 g/mol. The van der Waals surface area contributed by atoms with Crippen molar-refractivity contribution in [3.8, 4) is 0 Å². The predicted molar refractivity (Wildman–Crippen MR) is 86.7 cm³/mol. The minimum Gasteiger partial charge on any atom is -0.370 e. The third-order valence-electron chi connectivity index (χ3n) is 4.57. The molecule has 3 rings (SSSR count). The molecule has 0 aromatic heterocycles. The minimum atomic E-state index is 0.153. The zero-order chi connectivity index (χ0) is 14.5. The lowest BCUT2D eigenvalue weighted by molar-refractivity contribution is -0.120. The fourth-order valence-electron chi connectivity index (χ4n) is 3.31. The van der Waals surface area contributed by atoms with Gasteiger partial charge in [0.15, 0.2) is 0 Å². The Morgan fingerprint density at radius 2 is 1.81 bits per heavy atom. The molecule has 2 heterocycles. The molecule has 0 atom stereocenters. The van der Waals surface area contributed by atoms with Gasteiger partial charge in [-0.25, -0.2) is 0 Å². The van der Waals surface area contributed by atoms with Crippen molar-refractivity contribution in [2.45, 2.75) is 32.1 Å². The van der Waals surface area contributed by atoms with Crippen molar-refractivity contribution in [1.82, 2.24) is 5.32 Å². The molecule has 2 saturated heterocycles. The molecule has 0 bridgehead atoms. The SMILES string of the molecule is O=C(Nc1ccccc1N1CCCCC1)C1CCNCC1. The van der Waals surface area contributed by atoms with Crippen LogP contribution in [0.15, 0.2) is 24.3 Å². The molecule has 0 unspecified atom stereocenters. The van der Waals surface area contributed by atoms with Crippen LogP contribution in [0.5, 0.6) is 0 Å². The molecule has 0 aliphatic carbocycles. The number of hydrogen-bond acceptors (Lipinski definition) is 3. The number of carbonyl (C=O) groups is 1. The van der Waals surface area contributed by atoms with E-state index >= 15 is 0 Å². The van der Waals surface area contributed by atoms with Crippen molar-refractivity contribution in [2.75, 3.05) is 36.4 Å². The Hall–Kier alpha value is -1.55. The molecule has 4 nitrogen and oxygen atoms in total. The molecule has 0 saturated carbocycles. The van der Waals surface area contributed by atoms with E-state index in [1.807, 2.05) is 12.1 Å². The first-order valence-electron chi connectivity index (χ1n) is 8.20. The van der Waals surface area contributed by atoms with Gasteiger partial charge in [-0.2, -0.15) is 0 Å². The van der Waals surface area contributed by atoms with Gasteiger partial charge in [0, 0.05) is 19.0 Å². The fraction of sp³-hybridized carbons (Fsp3) is 0.588. The third kappa shape index (κ3) is 3.56. The van der Waals surface area contributed by atoms with Gasteiger partial charge in [-0.3, -0.25) is 4.79 Å². The van der Waals surface area contributed by atoms with Crippen molar-refractivity contribution >= 4 is 17.3 Å². The van der Waals surface area contributed by atoms with E-state index in [1.54, 1.807) is 0 Å². The Morgan fingerprint density at radius 1 is 1.10 bits per heavy atom. The molecule has 1 aromatic carbocycles. The summed E-state index contributed by atoms with van der Waals surface area (Å²) in [6.45, 7) is 4.10. The predicted octanol–water partition coefficient (Wildman–Crippen LogP) is 2.62. The van der Waals surface area contributed by atoms with Crippen LogP contribution in [0.25, 0.3) is 0 Å². The molecule has 0 radical (unpaired) electrons. The number of nitrogens with one attached hydrogen (secondary N) is 2. The van der Waals surface area contributed by atoms with Gasteiger partial charge in [-0.1, -0.05) is 12.1 Å². The summed E-state index contributed by atoms with van der Waals surface area (Å²) in [6.07, 6.45) is 5.70. The first-order valence-corrected chi connectivity index (χ1v) is 8.20. The fourth-order valence-corrected chi connectivity index (χ4v) is 3.31. The van der Waals surface area contributed by atoms with Gasteiger partial charge in [0.1, 0.15) is 0 Å². The van der Waals surface area contributed by atoms with E-state index in [1.165, 1.54) is 24.9 Å². The van der Waals surface area contributed by atoms with Crippen LogP contribution in [-0.4, -0.2) is 32.1 Å². The van der Waals surface area contributed by atoms with Gasteiger partial charge in [0.05, 0.1) is 11.4 Å². The van der Waals surface area contributed by atoms with Crippen LogP contribution in [0, 0.1) is 5.92 Å². The summed E-state index contributed by atoms with van der Waals surface area (Å²) >= 11 is 0. The molecule has 0 spiro atoms. The normalized spacial score (nSPS) is 20.3. The summed E-state index contributed by atoms with van der Waals surface area (Å²) in [5.41, 5.74) is 2.16. The highest BCUT2D eigenvalue weighted by Crippen LogP contribution is 2.29. The Morgan fingerprint density at radius 3 is 2.57 bits per heavy atom. The maximum atomic E-state index is 12.4. The highest BCUT2D eigenvalue weighted by molar-refractivity contribution is 5.95. The number of para-hydroxylation sites is 2. The molecule has 2 fully saturated rings.